The van der Waals surface area contributed by atoms with Crippen LogP contribution in [-0.2, 0) is 4.79 Å². The molecule has 1 N–H and O–H groups in total. The van der Waals surface area contributed by atoms with E-state index in [9.17, 15) is 9.59 Å². The molecule has 1 saturated heterocycles. The standard InChI is InChI=1S/C30H51N3O3/c1-4-5-6-7-8-9-10-11-12-13-14-15-16-17-18-19-24-32(2)25-33-29(34)28(31-30(33)35)26-20-22-27(36-3)23-21-26/h20-23,28H,4-19,24-25H2,1-3H3,(H,31,35). The van der Waals surface area contributed by atoms with Crippen LogP contribution >= 0.6 is 0 Å². The SMILES string of the molecule is CCCCCCCCCCCCCCCCCCN(C)CN1C(=O)NC(c2ccc(OC)cc2)C1=O. The van der Waals surface area contributed by atoms with E-state index in [0.29, 0.717) is 6.67 Å². The molecule has 0 aliphatic carbocycles. The molecule has 1 aromatic carbocycles. The number of benzene rings is 1. The van der Waals surface area contributed by atoms with Crippen LogP contribution in [0.25, 0.3) is 0 Å². The summed E-state index contributed by atoms with van der Waals surface area (Å²) in [5.74, 6) is 0.537. The van der Waals surface area contributed by atoms with E-state index in [1.165, 1.54) is 101 Å². The van der Waals surface area contributed by atoms with Gasteiger partial charge in [0, 0.05) is 0 Å². The fraction of sp³-hybridized carbons (Fsp3) is 0.733. The molecule has 1 aliphatic rings. The van der Waals surface area contributed by atoms with Crippen molar-refractivity contribution in [3.05, 3.63) is 29.8 Å². The highest BCUT2D eigenvalue weighted by Crippen LogP contribution is 2.24. The van der Waals surface area contributed by atoms with Gasteiger partial charge in [-0.2, -0.15) is 0 Å². The van der Waals surface area contributed by atoms with Crippen LogP contribution in [0.2, 0.25) is 0 Å². The fourth-order valence-electron chi connectivity index (χ4n) is 4.92. The van der Waals surface area contributed by atoms with Crippen molar-refractivity contribution in [1.29, 1.82) is 0 Å². The van der Waals surface area contributed by atoms with E-state index in [1.807, 2.05) is 19.2 Å². The lowest BCUT2D eigenvalue weighted by atomic mass is 10.0. The number of imide groups is 1. The van der Waals surface area contributed by atoms with Gasteiger partial charge < -0.3 is 10.1 Å². The first-order valence-electron chi connectivity index (χ1n) is 14.5. The molecule has 0 spiro atoms. The Hall–Kier alpha value is -2.08. The molecule has 0 radical (unpaired) electrons. The van der Waals surface area contributed by atoms with Gasteiger partial charge >= 0.3 is 6.03 Å². The van der Waals surface area contributed by atoms with Crippen molar-refractivity contribution in [3.63, 3.8) is 0 Å². The third-order valence-corrected chi connectivity index (χ3v) is 7.25. The number of hydrogen-bond donors (Lipinski definition) is 1. The fourth-order valence-corrected chi connectivity index (χ4v) is 4.92. The van der Waals surface area contributed by atoms with Crippen molar-refractivity contribution in [2.45, 2.75) is 116 Å². The number of ether oxygens (including phenoxy) is 1. The monoisotopic (exact) mass is 501 g/mol. The second kappa shape index (κ2) is 18.2. The summed E-state index contributed by atoms with van der Waals surface area (Å²) in [6.07, 6.45) is 21.7. The predicted molar refractivity (Wildman–Crippen MR) is 148 cm³/mol. The Kier molecular flexibility index (Phi) is 15.2. The largest absolute Gasteiger partial charge is 0.497 e. The molecule has 6 heteroatoms. The molecule has 1 atom stereocenters. The van der Waals surface area contributed by atoms with Crippen molar-refractivity contribution < 1.29 is 14.3 Å². The second-order valence-corrected chi connectivity index (χ2v) is 10.4. The lowest BCUT2D eigenvalue weighted by molar-refractivity contribution is -0.128. The first-order valence-corrected chi connectivity index (χ1v) is 14.5. The Bertz CT molecular complexity index is 737. The van der Waals surface area contributed by atoms with Crippen molar-refractivity contribution in [2.24, 2.45) is 0 Å². The van der Waals surface area contributed by atoms with Gasteiger partial charge in [0.15, 0.2) is 0 Å². The lowest BCUT2D eigenvalue weighted by Crippen LogP contribution is -2.40. The van der Waals surface area contributed by atoms with Crippen molar-refractivity contribution in [3.8, 4) is 5.75 Å². The number of nitrogens with one attached hydrogen (secondary N) is 1. The summed E-state index contributed by atoms with van der Waals surface area (Å²) in [7, 11) is 3.58. The first-order chi connectivity index (χ1) is 17.6. The van der Waals surface area contributed by atoms with Crippen LogP contribution in [0.15, 0.2) is 24.3 Å². The molecule has 1 heterocycles. The number of urea groups is 1. The summed E-state index contributed by atoms with van der Waals surface area (Å²) in [5, 5.41) is 2.81. The highest BCUT2D eigenvalue weighted by Gasteiger charge is 2.39. The van der Waals surface area contributed by atoms with Gasteiger partial charge in [0.2, 0.25) is 0 Å². The van der Waals surface area contributed by atoms with Gasteiger partial charge in [-0.3, -0.25) is 9.69 Å². The zero-order chi connectivity index (χ0) is 26.0. The Morgan fingerprint density at radius 2 is 1.25 bits per heavy atom. The van der Waals surface area contributed by atoms with Crippen LogP contribution in [0.1, 0.15) is 121 Å². The van der Waals surface area contributed by atoms with E-state index in [2.05, 4.69) is 17.1 Å². The Balaban J connectivity index is 1.46. The Morgan fingerprint density at radius 1 is 0.778 bits per heavy atom. The molecule has 204 valence electrons. The van der Waals surface area contributed by atoms with E-state index in [4.69, 9.17) is 4.74 Å². The van der Waals surface area contributed by atoms with Crippen LogP contribution in [0.3, 0.4) is 0 Å². The zero-order valence-corrected chi connectivity index (χ0v) is 23.2. The third kappa shape index (κ3) is 11.3. The van der Waals surface area contributed by atoms with E-state index < -0.39 is 6.04 Å². The van der Waals surface area contributed by atoms with Crippen LogP contribution in [0.4, 0.5) is 4.79 Å². The highest BCUT2D eigenvalue weighted by molar-refractivity contribution is 6.04. The number of nitrogens with zero attached hydrogens (tertiary/aromatic N) is 2. The van der Waals surface area contributed by atoms with Crippen LogP contribution < -0.4 is 10.1 Å². The molecule has 1 aliphatic heterocycles. The minimum absolute atomic E-state index is 0.191. The van der Waals surface area contributed by atoms with E-state index in [1.54, 1.807) is 19.2 Å². The maximum absolute atomic E-state index is 12.8. The van der Waals surface area contributed by atoms with Crippen LogP contribution in [0, 0.1) is 0 Å². The predicted octanol–water partition coefficient (Wildman–Crippen LogP) is 7.44. The van der Waals surface area contributed by atoms with Crippen molar-refractivity contribution in [1.82, 2.24) is 15.1 Å². The van der Waals surface area contributed by atoms with Gasteiger partial charge in [0.25, 0.3) is 5.91 Å². The van der Waals surface area contributed by atoms with Gasteiger partial charge in [0.1, 0.15) is 11.8 Å². The summed E-state index contributed by atoms with van der Waals surface area (Å²) >= 11 is 0. The number of carbonyl (C=O) groups excluding carboxylic acids is 2. The highest BCUT2D eigenvalue weighted by atomic mass is 16.5. The number of methoxy groups -OCH3 is 1. The van der Waals surface area contributed by atoms with Crippen molar-refractivity contribution in [2.75, 3.05) is 27.4 Å². The third-order valence-electron chi connectivity index (χ3n) is 7.25. The van der Waals surface area contributed by atoms with Crippen LogP contribution in [-0.4, -0.2) is 49.1 Å². The molecule has 0 aromatic heterocycles. The molecular weight excluding hydrogens is 450 g/mol. The molecule has 2 rings (SSSR count). The Morgan fingerprint density at radius 3 is 1.72 bits per heavy atom. The summed E-state index contributed by atoms with van der Waals surface area (Å²) in [6.45, 7) is 3.50. The van der Waals surface area contributed by atoms with Gasteiger partial charge in [0.05, 0.1) is 13.8 Å². The number of carbonyl (C=O) groups is 2. The molecule has 0 bridgehead atoms. The average molecular weight is 502 g/mol. The van der Waals surface area contributed by atoms with E-state index in [0.717, 1.165) is 24.3 Å². The summed E-state index contributed by atoms with van der Waals surface area (Å²) < 4.78 is 5.17. The summed E-state index contributed by atoms with van der Waals surface area (Å²) in [5.41, 5.74) is 0.775. The van der Waals surface area contributed by atoms with Gasteiger partial charge in [-0.15, -0.1) is 0 Å². The maximum Gasteiger partial charge on any atom is 0.326 e. The van der Waals surface area contributed by atoms with Crippen LogP contribution in [0.5, 0.6) is 5.75 Å². The Labute approximate surface area is 220 Å². The van der Waals surface area contributed by atoms with Crippen molar-refractivity contribution >= 4 is 11.9 Å². The van der Waals surface area contributed by atoms with E-state index >= 15 is 0 Å². The summed E-state index contributed by atoms with van der Waals surface area (Å²) in [4.78, 5) is 28.6. The molecular formula is C30H51N3O3. The molecule has 1 unspecified atom stereocenters. The molecule has 0 saturated carbocycles. The zero-order valence-electron chi connectivity index (χ0n) is 23.2. The number of rotatable bonds is 21. The topological polar surface area (TPSA) is 61.9 Å². The number of amides is 3. The summed E-state index contributed by atoms with van der Waals surface area (Å²) in [6, 6.07) is 6.32. The van der Waals surface area contributed by atoms with Gasteiger partial charge in [-0.05, 0) is 37.7 Å². The minimum Gasteiger partial charge on any atom is -0.497 e. The molecule has 1 fully saturated rings. The second-order valence-electron chi connectivity index (χ2n) is 10.4. The molecule has 3 amide bonds. The molecule has 1 aromatic rings. The normalized spacial score (nSPS) is 15.7. The lowest BCUT2D eigenvalue weighted by Gasteiger charge is -2.22. The van der Waals surface area contributed by atoms with Gasteiger partial charge in [-0.1, -0.05) is 115 Å². The van der Waals surface area contributed by atoms with Gasteiger partial charge in [-0.25, -0.2) is 9.69 Å². The number of hydrogen-bond acceptors (Lipinski definition) is 4. The quantitative estimate of drug-likeness (QED) is 0.140. The maximum atomic E-state index is 12.8. The molecule has 6 nitrogen and oxygen atoms in total. The van der Waals surface area contributed by atoms with E-state index in [-0.39, 0.29) is 11.9 Å². The smallest absolute Gasteiger partial charge is 0.326 e. The minimum atomic E-state index is -0.618. The number of unbranched alkanes of at least 4 members (excludes halogenated alkanes) is 15. The average Bonchev–Trinajstić information content (AvgIpc) is 3.16. The first kappa shape index (κ1) is 30.1. The molecule has 36 heavy (non-hydrogen) atoms.